The van der Waals surface area contributed by atoms with Crippen molar-refractivity contribution in [2.24, 2.45) is 5.73 Å². The molecular formula is C16H15NO3. The van der Waals surface area contributed by atoms with Crippen molar-refractivity contribution >= 4 is 11.9 Å². The Bertz CT molecular complexity index is 569. The molecule has 0 heterocycles. The molecule has 4 nitrogen and oxygen atoms in total. The van der Waals surface area contributed by atoms with Gasteiger partial charge in [-0.25, -0.2) is 0 Å². The first-order chi connectivity index (χ1) is 9.57. The Kier molecular flexibility index (Phi) is 3.84. The van der Waals surface area contributed by atoms with Crippen molar-refractivity contribution in [3.8, 4) is 0 Å². The van der Waals surface area contributed by atoms with Gasteiger partial charge in [0.15, 0.2) is 0 Å². The SMILES string of the molecule is NC(=O)CC(C(=O)O)(c1ccccc1)c1ccccc1. The van der Waals surface area contributed by atoms with Crippen LogP contribution in [0.25, 0.3) is 0 Å². The summed E-state index contributed by atoms with van der Waals surface area (Å²) in [6, 6.07) is 17.4. The van der Waals surface area contributed by atoms with Crippen LogP contribution in [0.3, 0.4) is 0 Å². The van der Waals surface area contributed by atoms with Crippen molar-refractivity contribution in [1.82, 2.24) is 0 Å². The molecule has 0 aromatic heterocycles. The van der Waals surface area contributed by atoms with Gasteiger partial charge in [0, 0.05) is 0 Å². The molecule has 3 N–H and O–H groups in total. The Morgan fingerprint density at radius 2 is 1.30 bits per heavy atom. The smallest absolute Gasteiger partial charge is 0.319 e. The van der Waals surface area contributed by atoms with Crippen LogP contribution in [0.4, 0.5) is 0 Å². The number of primary amides is 1. The van der Waals surface area contributed by atoms with E-state index in [0.717, 1.165) is 0 Å². The number of amides is 1. The Balaban J connectivity index is 2.69. The highest BCUT2D eigenvalue weighted by Gasteiger charge is 2.43. The summed E-state index contributed by atoms with van der Waals surface area (Å²) in [4.78, 5) is 23.4. The zero-order valence-electron chi connectivity index (χ0n) is 10.8. The fourth-order valence-corrected chi connectivity index (χ4v) is 2.40. The van der Waals surface area contributed by atoms with Gasteiger partial charge in [-0.1, -0.05) is 60.7 Å². The second-order valence-electron chi connectivity index (χ2n) is 4.59. The topological polar surface area (TPSA) is 80.4 Å². The molecule has 0 radical (unpaired) electrons. The molecule has 2 aromatic rings. The summed E-state index contributed by atoms with van der Waals surface area (Å²) in [7, 11) is 0. The molecular weight excluding hydrogens is 254 g/mol. The molecule has 0 aliphatic heterocycles. The first kappa shape index (κ1) is 13.8. The largest absolute Gasteiger partial charge is 0.480 e. The lowest BCUT2D eigenvalue weighted by Gasteiger charge is -2.29. The van der Waals surface area contributed by atoms with E-state index in [4.69, 9.17) is 5.73 Å². The van der Waals surface area contributed by atoms with Crippen molar-refractivity contribution in [2.45, 2.75) is 11.8 Å². The van der Waals surface area contributed by atoms with Gasteiger partial charge in [-0.15, -0.1) is 0 Å². The van der Waals surface area contributed by atoms with Gasteiger partial charge < -0.3 is 10.8 Å². The zero-order valence-corrected chi connectivity index (χ0v) is 10.8. The third-order valence-electron chi connectivity index (χ3n) is 3.34. The predicted molar refractivity (Wildman–Crippen MR) is 75.1 cm³/mol. The average molecular weight is 269 g/mol. The average Bonchev–Trinajstić information content (AvgIpc) is 2.46. The normalized spacial score (nSPS) is 11.0. The highest BCUT2D eigenvalue weighted by Crippen LogP contribution is 2.35. The van der Waals surface area contributed by atoms with Crippen LogP contribution in [-0.4, -0.2) is 17.0 Å². The minimum atomic E-state index is -1.45. The molecule has 0 atom stereocenters. The van der Waals surface area contributed by atoms with Crippen molar-refractivity contribution in [1.29, 1.82) is 0 Å². The van der Waals surface area contributed by atoms with Crippen LogP contribution in [-0.2, 0) is 15.0 Å². The van der Waals surface area contributed by atoms with Crippen LogP contribution in [0.15, 0.2) is 60.7 Å². The van der Waals surface area contributed by atoms with Gasteiger partial charge in [-0.3, -0.25) is 9.59 Å². The summed E-state index contributed by atoms with van der Waals surface area (Å²) in [5.74, 6) is -1.74. The van der Waals surface area contributed by atoms with Gasteiger partial charge in [0.05, 0.1) is 6.42 Å². The van der Waals surface area contributed by atoms with Gasteiger partial charge in [-0.05, 0) is 11.1 Å². The van der Waals surface area contributed by atoms with Crippen molar-refractivity contribution in [2.75, 3.05) is 0 Å². The highest BCUT2D eigenvalue weighted by atomic mass is 16.4. The third kappa shape index (κ3) is 2.40. The number of carbonyl (C=O) groups excluding carboxylic acids is 1. The zero-order chi connectivity index (χ0) is 14.6. The third-order valence-corrected chi connectivity index (χ3v) is 3.34. The maximum Gasteiger partial charge on any atom is 0.319 e. The van der Waals surface area contributed by atoms with E-state index in [1.54, 1.807) is 60.7 Å². The standard InChI is InChI=1S/C16H15NO3/c17-14(18)11-16(15(19)20,12-7-3-1-4-8-12)13-9-5-2-6-10-13/h1-10H,11H2,(H2,17,18)(H,19,20). The Hall–Kier alpha value is -2.62. The molecule has 0 saturated heterocycles. The van der Waals surface area contributed by atoms with E-state index in [-0.39, 0.29) is 6.42 Å². The summed E-state index contributed by atoms with van der Waals surface area (Å²) >= 11 is 0. The van der Waals surface area contributed by atoms with Gasteiger partial charge in [0.1, 0.15) is 5.41 Å². The van der Waals surface area contributed by atoms with Crippen LogP contribution in [0.1, 0.15) is 17.5 Å². The van der Waals surface area contributed by atoms with E-state index in [1.807, 2.05) is 0 Å². The molecule has 0 aliphatic rings. The van der Waals surface area contributed by atoms with E-state index in [1.165, 1.54) is 0 Å². The summed E-state index contributed by atoms with van der Waals surface area (Å²) in [6.45, 7) is 0. The molecule has 102 valence electrons. The Morgan fingerprint density at radius 1 is 0.900 bits per heavy atom. The lowest BCUT2D eigenvalue weighted by atomic mass is 9.72. The van der Waals surface area contributed by atoms with Crippen LogP contribution in [0, 0.1) is 0 Å². The molecule has 0 unspecified atom stereocenters. The molecule has 1 amide bonds. The van der Waals surface area contributed by atoms with Crippen LogP contribution < -0.4 is 5.73 Å². The fourth-order valence-electron chi connectivity index (χ4n) is 2.40. The lowest BCUT2D eigenvalue weighted by molar-refractivity contribution is -0.144. The summed E-state index contributed by atoms with van der Waals surface area (Å²) < 4.78 is 0. The number of hydrogen-bond donors (Lipinski definition) is 2. The maximum absolute atomic E-state index is 12.0. The van der Waals surface area contributed by atoms with Crippen molar-refractivity contribution in [3.05, 3.63) is 71.8 Å². The lowest BCUT2D eigenvalue weighted by Crippen LogP contribution is -2.41. The van der Waals surface area contributed by atoms with Gasteiger partial charge in [-0.2, -0.15) is 0 Å². The maximum atomic E-state index is 12.0. The molecule has 4 heteroatoms. The summed E-state index contributed by atoms with van der Waals surface area (Å²) in [6.07, 6.45) is -0.281. The van der Waals surface area contributed by atoms with E-state index >= 15 is 0 Å². The molecule has 0 saturated carbocycles. The quantitative estimate of drug-likeness (QED) is 0.870. The number of nitrogens with two attached hydrogens (primary N) is 1. The molecule has 0 spiro atoms. The highest BCUT2D eigenvalue weighted by molar-refractivity contribution is 5.92. The second-order valence-corrected chi connectivity index (χ2v) is 4.59. The molecule has 2 rings (SSSR count). The predicted octanol–water partition coefficient (Wildman–Crippen LogP) is 1.93. The van der Waals surface area contributed by atoms with Crippen molar-refractivity contribution < 1.29 is 14.7 Å². The van der Waals surface area contributed by atoms with E-state index in [0.29, 0.717) is 11.1 Å². The molecule has 2 aromatic carbocycles. The molecule has 0 aliphatic carbocycles. The number of carboxylic acid groups (broad SMARTS) is 1. The minimum Gasteiger partial charge on any atom is -0.480 e. The molecule has 20 heavy (non-hydrogen) atoms. The minimum absolute atomic E-state index is 0.281. The number of carbonyl (C=O) groups is 2. The van der Waals surface area contributed by atoms with E-state index in [2.05, 4.69) is 0 Å². The second kappa shape index (κ2) is 5.57. The van der Waals surface area contributed by atoms with Crippen LogP contribution in [0.5, 0.6) is 0 Å². The number of hydrogen-bond acceptors (Lipinski definition) is 2. The monoisotopic (exact) mass is 269 g/mol. The fraction of sp³-hybridized carbons (Fsp3) is 0.125. The summed E-state index contributed by atoms with van der Waals surface area (Å²) in [5, 5.41) is 9.77. The molecule has 0 fully saturated rings. The van der Waals surface area contributed by atoms with Gasteiger partial charge >= 0.3 is 5.97 Å². The number of carboxylic acids is 1. The Morgan fingerprint density at radius 3 is 1.60 bits per heavy atom. The molecule has 0 bridgehead atoms. The van der Waals surface area contributed by atoms with Crippen LogP contribution >= 0.6 is 0 Å². The van der Waals surface area contributed by atoms with Crippen LogP contribution in [0.2, 0.25) is 0 Å². The van der Waals surface area contributed by atoms with Crippen molar-refractivity contribution in [3.63, 3.8) is 0 Å². The number of rotatable bonds is 5. The van der Waals surface area contributed by atoms with E-state index in [9.17, 15) is 14.7 Å². The number of benzene rings is 2. The van der Waals surface area contributed by atoms with E-state index < -0.39 is 17.3 Å². The Labute approximate surface area is 116 Å². The van der Waals surface area contributed by atoms with Gasteiger partial charge in [0.25, 0.3) is 0 Å². The van der Waals surface area contributed by atoms with Gasteiger partial charge in [0.2, 0.25) is 5.91 Å². The number of aliphatic carboxylic acids is 1. The first-order valence-electron chi connectivity index (χ1n) is 6.20. The summed E-state index contributed by atoms with van der Waals surface area (Å²) in [5.41, 5.74) is 4.92. The first-order valence-corrected chi connectivity index (χ1v) is 6.20.